The van der Waals surface area contributed by atoms with Crippen molar-refractivity contribution in [3.05, 3.63) is 0 Å². The van der Waals surface area contributed by atoms with Crippen molar-refractivity contribution in [2.75, 3.05) is 13.2 Å². The summed E-state index contributed by atoms with van der Waals surface area (Å²) in [6.45, 7) is 7.44. The van der Waals surface area contributed by atoms with Gasteiger partial charge in [-0.05, 0) is 5.41 Å². The number of carboxylic acids is 1. The molecule has 1 N–H and O–H groups in total. The molecular weight excluding hydrogens is 156 g/mol. The summed E-state index contributed by atoms with van der Waals surface area (Å²) in [6, 6.07) is 0. The predicted molar refractivity (Wildman–Crippen MR) is 45.0 cm³/mol. The first-order valence-electron chi connectivity index (χ1n) is 4.17. The highest BCUT2D eigenvalue weighted by atomic mass is 16.5. The van der Waals surface area contributed by atoms with Crippen LogP contribution in [0.15, 0.2) is 0 Å². The Kier molecular flexibility index (Phi) is 2.17. The van der Waals surface area contributed by atoms with Crippen LogP contribution in [0, 0.1) is 10.8 Å². The van der Waals surface area contributed by atoms with Crippen molar-refractivity contribution in [1.29, 1.82) is 0 Å². The molecule has 0 aliphatic carbocycles. The fourth-order valence-corrected chi connectivity index (χ4v) is 1.39. The average molecular weight is 172 g/mol. The molecule has 0 aromatic carbocycles. The van der Waals surface area contributed by atoms with Crippen LogP contribution >= 0.6 is 0 Å². The Morgan fingerprint density at radius 1 is 1.58 bits per heavy atom. The van der Waals surface area contributed by atoms with Gasteiger partial charge in [-0.2, -0.15) is 0 Å². The molecule has 1 saturated heterocycles. The lowest BCUT2D eigenvalue weighted by atomic mass is 9.63. The molecule has 1 aliphatic rings. The van der Waals surface area contributed by atoms with E-state index in [2.05, 4.69) is 6.92 Å². The Morgan fingerprint density at radius 2 is 2.08 bits per heavy atom. The third-order valence-corrected chi connectivity index (χ3v) is 3.07. The van der Waals surface area contributed by atoms with E-state index < -0.39 is 5.97 Å². The summed E-state index contributed by atoms with van der Waals surface area (Å²) in [5.74, 6) is -0.729. The van der Waals surface area contributed by atoms with Gasteiger partial charge in [0.05, 0.1) is 19.6 Å². The lowest BCUT2D eigenvalue weighted by Gasteiger charge is -2.49. The molecule has 3 heteroatoms. The molecule has 0 aromatic heterocycles. The number of carbonyl (C=O) groups is 1. The van der Waals surface area contributed by atoms with Crippen LogP contribution in [0.2, 0.25) is 0 Å². The van der Waals surface area contributed by atoms with Crippen LogP contribution in [-0.4, -0.2) is 24.3 Å². The number of rotatable bonds is 3. The Balaban J connectivity index is 2.63. The smallest absolute Gasteiger partial charge is 0.303 e. The normalized spacial score (nSPS) is 21.6. The summed E-state index contributed by atoms with van der Waals surface area (Å²) in [6.07, 6.45) is 0.215. The van der Waals surface area contributed by atoms with Gasteiger partial charge in [0, 0.05) is 5.41 Å². The summed E-state index contributed by atoms with van der Waals surface area (Å²) in [5, 5.41) is 8.69. The summed E-state index contributed by atoms with van der Waals surface area (Å²) >= 11 is 0. The van der Waals surface area contributed by atoms with Crippen LogP contribution in [0.5, 0.6) is 0 Å². The second kappa shape index (κ2) is 2.73. The quantitative estimate of drug-likeness (QED) is 0.702. The van der Waals surface area contributed by atoms with E-state index in [-0.39, 0.29) is 17.3 Å². The van der Waals surface area contributed by atoms with Gasteiger partial charge in [0.1, 0.15) is 0 Å². The first-order valence-corrected chi connectivity index (χ1v) is 4.17. The van der Waals surface area contributed by atoms with Gasteiger partial charge in [0.25, 0.3) is 0 Å². The minimum absolute atomic E-state index is 0.0470. The molecule has 0 spiro atoms. The van der Waals surface area contributed by atoms with E-state index in [9.17, 15) is 4.79 Å². The zero-order valence-corrected chi connectivity index (χ0v) is 7.89. The van der Waals surface area contributed by atoms with Crippen LogP contribution in [-0.2, 0) is 9.53 Å². The van der Waals surface area contributed by atoms with Gasteiger partial charge in [-0.25, -0.2) is 0 Å². The number of carboxylic acid groups (broad SMARTS) is 1. The molecule has 0 atom stereocenters. The summed E-state index contributed by atoms with van der Waals surface area (Å²) < 4.78 is 5.11. The highest BCUT2D eigenvalue weighted by Gasteiger charge is 2.47. The molecule has 0 unspecified atom stereocenters. The van der Waals surface area contributed by atoms with E-state index in [0.717, 1.165) is 0 Å². The molecule has 0 aromatic rings. The van der Waals surface area contributed by atoms with Crippen molar-refractivity contribution >= 4 is 5.97 Å². The lowest BCUT2D eigenvalue weighted by Crippen LogP contribution is -2.51. The minimum atomic E-state index is -0.729. The van der Waals surface area contributed by atoms with Crippen LogP contribution in [0.4, 0.5) is 0 Å². The molecule has 0 bridgehead atoms. The first kappa shape index (κ1) is 9.52. The minimum Gasteiger partial charge on any atom is -0.481 e. The molecule has 0 saturated carbocycles. The summed E-state index contributed by atoms with van der Waals surface area (Å²) in [5.41, 5.74) is -0.123. The van der Waals surface area contributed by atoms with E-state index in [1.54, 1.807) is 0 Å². The van der Waals surface area contributed by atoms with E-state index in [1.165, 1.54) is 0 Å². The maximum absolute atomic E-state index is 10.6. The highest BCUT2D eigenvalue weighted by molar-refractivity contribution is 5.67. The van der Waals surface area contributed by atoms with E-state index in [0.29, 0.717) is 13.2 Å². The van der Waals surface area contributed by atoms with Crippen LogP contribution < -0.4 is 0 Å². The fraction of sp³-hybridized carbons (Fsp3) is 0.889. The maximum Gasteiger partial charge on any atom is 0.303 e. The molecular formula is C9H16O3. The molecule has 1 rings (SSSR count). The van der Waals surface area contributed by atoms with Gasteiger partial charge < -0.3 is 9.84 Å². The van der Waals surface area contributed by atoms with E-state index in [1.807, 2.05) is 13.8 Å². The van der Waals surface area contributed by atoms with Crippen molar-refractivity contribution in [3.8, 4) is 0 Å². The Morgan fingerprint density at radius 3 is 2.33 bits per heavy atom. The Labute approximate surface area is 72.7 Å². The standard InChI is InChI=1S/C9H16O3/c1-8(2,4-7(10)11)9(3)5-12-6-9/h4-6H2,1-3H3,(H,10,11). The fourth-order valence-electron chi connectivity index (χ4n) is 1.39. The second-order valence-electron chi connectivity index (χ2n) is 4.51. The molecule has 70 valence electrons. The summed E-state index contributed by atoms with van der Waals surface area (Å²) in [7, 11) is 0. The van der Waals surface area contributed by atoms with Gasteiger partial charge in [0.15, 0.2) is 0 Å². The van der Waals surface area contributed by atoms with Crippen molar-refractivity contribution in [2.45, 2.75) is 27.2 Å². The van der Waals surface area contributed by atoms with Gasteiger partial charge in [-0.15, -0.1) is 0 Å². The summed E-state index contributed by atoms with van der Waals surface area (Å²) in [4.78, 5) is 10.6. The third kappa shape index (κ3) is 1.46. The molecule has 12 heavy (non-hydrogen) atoms. The SMILES string of the molecule is CC(C)(CC(=O)O)C1(C)COC1. The van der Waals surface area contributed by atoms with E-state index in [4.69, 9.17) is 9.84 Å². The number of aliphatic carboxylic acids is 1. The third-order valence-electron chi connectivity index (χ3n) is 3.07. The predicted octanol–water partition coefficient (Wildman–Crippen LogP) is 1.52. The van der Waals surface area contributed by atoms with Crippen molar-refractivity contribution in [2.24, 2.45) is 10.8 Å². The lowest BCUT2D eigenvalue weighted by molar-refractivity contribution is -0.174. The Hall–Kier alpha value is -0.570. The average Bonchev–Trinajstić information content (AvgIpc) is 1.79. The van der Waals surface area contributed by atoms with Crippen LogP contribution in [0.25, 0.3) is 0 Å². The molecule has 3 nitrogen and oxygen atoms in total. The number of hydrogen-bond acceptors (Lipinski definition) is 2. The second-order valence-corrected chi connectivity index (χ2v) is 4.51. The van der Waals surface area contributed by atoms with Crippen LogP contribution in [0.1, 0.15) is 27.2 Å². The van der Waals surface area contributed by atoms with Crippen molar-refractivity contribution in [3.63, 3.8) is 0 Å². The first-order chi connectivity index (χ1) is 5.37. The topological polar surface area (TPSA) is 46.5 Å². The molecule has 1 aliphatic heterocycles. The molecule has 0 amide bonds. The van der Waals surface area contributed by atoms with Crippen LogP contribution in [0.3, 0.4) is 0 Å². The monoisotopic (exact) mass is 172 g/mol. The number of hydrogen-bond donors (Lipinski definition) is 1. The molecule has 0 radical (unpaired) electrons. The van der Waals surface area contributed by atoms with Gasteiger partial charge in [-0.1, -0.05) is 20.8 Å². The van der Waals surface area contributed by atoms with Crippen molar-refractivity contribution in [1.82, 2.24) is 0 Å². The van der Waals surface area contributed by atoms with Gasteiger partial charge in [-0.3, -0.25) is 4.79 Å². The van der Waals surface area contributed by atoms with Gasteiger partial charge >= 0.3 is 5.97 Å². The molecule has 1 fully saturated rings. The Bertz CT molecular complexity index is 192. The zero-order valence-electron chi connectivity index (χ0n) is 7.89. The van der Waals surface area contributed by atoms with E-state index >= 15 is 0 Å². The van der Waals surface area contributed by atoms with Gasteiger partial charge in [0.2, 0.25) is 0 Å². The number of ether oxygens (including phenoxy) is 1. The van der Waals surface area contributed by atoms with Crippen molar-refractivity contribution < 1.29 is 14.6 Å². The maximum atomic E-state index is 10.6. The largest absolute Gasteiger partial charge is 0.481 e. The zero-order chi connectivity index (χ0) is 9.41. The molecule has 1 heterocycles. The highest BCUT2D eigenvalue weighted by Crippen LogP contribution is 2.46.